The van der Waals surface area contributed by atoms with Crippen LogP contribution in [0.3, 0.4) is 0 Å². The van der Waals surface area contributed by atoms with Gasteiger partial charge in [0.25, 0.3) is 0 Å². The zero-order chi connectivity index (χ0) is 23.3. The smallest absolute Gasteiger partial charge is 0.410 e. The van der Waals surface area contributed by atoms with Crippen LogP contribution in [-0.2, 0) is 4.74 Å². The number of rotatable bonds is 4. The molecule has 1 fully saturated rings. The fourth-order valence-corrected chi connectivity index (χ4v) is 3.91. The van der Waals surface area contributed by atoms with Gasteiger partial charge in [-0.1, -0.05) is 48.5 Å². The number of aryl methyl sites for hydroxylation is 1. The largest absolute Gasteiger partial charge is 0.444 e. The van der Waals surface area contributed by atoms with Crippen molar-refractivity contribution in [2.45, 2.75) is 53.1 Å². The lowest BCUT2D eigenvalue weighted by Gasteiger charge is -2.34. The van der Waals surface area contributed by atoms with Crippen LogP contribution in [0, 0.1) is 12.8 Å². The third-order valence-electron chi connectivity index (χ3n) is 5.77. The van der Waals surface area contributed by atoms with E-state index in [0.717, 1.165) is 46.6 Å². The molecule has 0 aliphatic carbocycles. The number of ether oxygens (including phenoxy) is 1. The first-order valence-electron chi connectivity index (χ1n) is 11.3. The number of allylic oxidation sites excluding steroid dienone is 2. The molecule has 2 aromatic carbocycles. The highest BCUT2D eigenvalue weighted by Crippen LogP contribution is 2.28. The third-order valence-corrected chi connectivity index (χ3v) is 5.77. The molecule has 1 saturated heterocycles. The van der Waals surface area contributed by atoms with Crippen LogP contribution in [0.4, 0.5) is 10.5 Å². The summed E-state index contributed by atoms with van der Waals surface area (Å²) < 4.78 is 5.52. The predicted molar refractivity (Wildman–Crippen MR) is 131 cm³/mol. The van der Waals surface area contributed by atoms with Gasteiger partial charge in [0.15, 0.2) is 0 Å². The molecule has 32 heavy (non-hydrogen) atoms. The van der Waals surface area contributed by atoms with Crippen LogP contribution in [-0.4, -0.2) is 35.4 Å². The summed E-state index contributed by atoms with van der Waals surface area (Å²) in [5.41, 5.74) is 12.1. The van der Waals surface area contributed by atoms with Gasteiger partial charge < -0.3 is 15.4 Å². The van der Waals surface area contributed by atoms with Crippen LogP contribution in [0.5, 0.6) is 0 Å². The van der Waals surface area contributed by atoms with E-state index in [1.165, 1.54) is 0 Å². The molecule has 3 rings (SSSR count). The zero-order valence-electron chi connectivity index (χ0n) is 19.9. The molecule has 0 radical (unpaired) electrons. The number of nitrogens with zero attached hydrogens (tertiary/aromatic N) is 2. The Kier molecular flexibility index (Phi) is 7.39. The molecule has 0 atom stereocenters. The maximum Gasteiger partial charge on any atom is 0.410 e. The normalized spacial score (nSPS) is 16.5. The maximum atomic E-state index is 12.4. The Balaban J connectivity index is 1.85. The minimum Gasteiger partial charge on any atom is -0.444 e. The van der Waals surface area contributed by atoms with Crippen molar-refractivity contribution in [3.8, 4) is 0 Å². The van der Waals surface area contributed by atoms with E-state index < -0.39 is 5.60 Å². The molecule has 0 aromatic heterocycles. The van der Waals surface area contributed by atoms with Crippen molar-refractivity contribution in [1.29, 1.82) is 0 Å². The first-order valence-corrected chi connectivity index (χ1v) is 11.3. The minimum atomic E-state index is -0.486. The molecule has 1 aliphatic heterocycles. The van der Waals surface area contributed by atoms with Gasteiger partial charge in [0.05, 0.1) is 11.4 Å². The first kappa shape index (κ1) is 23.6. The lowest BCUT2D eigenvalue weighted by molar-refractivity contribution is 0.0194. The van der Waals surface area contributed by atoms with Crippen LogP contribution in [0.1, 0.15) is 51.7 Å². The highest BCUT2D eigenvalue weighted by atomic mass is 16.6. The van der Waals surface area contributed by atoms with E-state index in [-0.39, 0.29) is 12.0 Å². The number of likely N-dealkylation sites (tertiary alicyclic amines) is 1. The molecule has 0 bridgehead atoms. The number of hydrogen-bond acceptors (Lipinski definition) is 4. The van der Waals surface area contributed by atoms with Gasteiger partial charge in [-0.05, 0) is 64.7 Å². The van der Waals surface area contributed by atoms with Gasteiger partial charge in [-0.3, -0.25) is 0 Å². The average Bonchev–Trinajstić information content (AvgIpc) is 2.77. The molecule has 170 valence electrons. The van der Waals surface area contributed by atoms with Gasteiger partial charge >= 0.3 is 6.09 Å². The van der Waals surface area contributed by atoms with E-state index in [1.54, 1.807) is 4.90 Å². The summed E-state index contributed by atoms with van der Waals surface area (Å²) in [6.07, 6.45) is 1.38. The number of benzene rings is 2. The molecule has 1 amide bonds. The number of carbonyl (C=O) groups is 1. The Bertz CT molecular complexity index is 995. The fourth-order valence-electron chi connectivity index (χ4n) is 3.91. The second kappa shape index (κ2) is 10.0. The molecule has 0 saturated carbocycles. The number of hydrogen-bond donors (Lipinski definition) is 1. The summed E-state index contributed by atoms with van der Waals surface area (Å²) in [5, 5.41) is 0. The van der Waals surface area contributed by atoms with Crippen LogP contribution >= 0.6 is 0 Å². The number of amides is 1. The number of carbonyl (C=O) groups excluding carboxylic acids is 1. The molecular formula is C27H35N3O2. The standard InChI is InChI=1S/C27H35N3O2/c1-19-11-9-10-14-23(19)29-25(22-12-7-6-8-13-22)20(2)24(28)21-15-17-30(18-16-21)26(31)32-27(3,4)5/h6-14,21H,15-18,28H2,1-5H3/b24-20-,29-25?. The number of aliphatic imine (C=N–C) groups is 1. The van der Waals surface area contributed by atoms with Crippen molar-refractivity contribution < 1.29 is 9.53 Å². The minimum absolute atomic E-state index is 0.208. The van der Waals surface area contributed by atoms with Gasteiger partial charge in [0.2, 0.25) is 0 Å². The third kappa shape index (κ3) is 6.00. The van der Waals surface area contributed by atoms with Crippen molar-refractivity contribution in [1.82, 2.24) is 4.90 Å². The van der Waals surface area contributed by atoms with E-state index >= 15 is 0 Å². The van der Waals surface area contributed by atoms with Gasteiger partial charge in [-0.15, -0.1) is 0 Å². The van der Waals surface area contributed by atoms with Gasteiger partial charge in [-0.25, -0.2) is 9.79 Å². The lowest BCUT2D eigenvalue weighted by Crippen LogP contribution is -2.42. The van der Waals surface area contributed by atoms with Crippen molar-refractivity contribution in [2.75, 3.05) is 13.1 Å². The van der Waals surface area contributed by atoms with E-state index in [0.29, 0.717) is 13.1 Å². The summed E-state index contributed by atoms with van der Waals surface area (Å²) in [6, 6.07) is 18.3. The topological polar surface area (TPSA) is 67.9 Å². The lowest BCUT2D eigenvalue weighted by atomic mass is 9.89. The summed E-state index contributed by atoms with van der Waals surface area (Å²) in [5.74, 6) is 0.208. The summed E-state index contributed by atoms with van der Waals surface area (Å²) in [6.45, 7) is 11.1. The predicted octanol–water partition coefficient (Wildman–Crippen LogP) is 6.00. The molecule has 0 unspecified atom stereocenters. The van der Waals surface area contributed by atoms with Gasteiger partial charge in [0, 0.05) is 30.3 Å². The van der Waals surface area contributed by atoms with Crippen LogP contribution in [0.2, 0.25) is 0 Å². The van der Waals surface area contributed by atoms with E-state index in [4.69, 9.17) is 15.5 Å². The van der Waals surface area contributed by atoms with Crippen molar-refractivity contribution >= 4 is 17.5 Å². The van der Waals surface area contributed by atoms with Gasteiger partial charge in [-0.2, -0.15) is 0 Å². The average molecular weight is 434 g/mol. The van der Waals surface area contributed by atoms with Crippen molar-refractivity contribution in [2.24, 2.45) is 16.6 Å². The van der Waals surface area contributed by atoms with Crippen molar-refractivity contribution in [3.05, 3.63) is 77.0 Å². The molecule has 2 aromatic rings. The summed E-state index contributed by atoms with van der Waals surface area (Å²) in [7, 11) is 0. The Labute approximate surface area is 192 Å². The first-order chi connectivity index (χ1) is 15.2. The monoisotopic (exact) mass is 433 g/mol. The van der Waals surface area contributed by atoms with E-state index in [2.05, 4.69) is 32.0 Å². The molecular weight excluding hydrogens is 398 g/mol. The maximum absolute atomic E-state index is 12.4. The summed E-state index contributed by atoms with van der Waals surface area (Å²) in [4.78, 5) is 19.2. The fraction of sp³-hybridized carbons (Fsp3) is 0.407. The van der Waals surface area contributed by atoms with E-state index in [9.17, 15) is 4.79 Å². The van der Waals surface area contributed by atoms with Crippen LogP contribution in [0.25, 0.3) is 0 Å². The molecule has 0 spiro atoms. The number of piperidine rings is 1. The van der Waals surface area contributed by atoms with E-state index in [1.807, 2.05) is 57.2 Å². The Hall–Kier alpha value is -3.08. The van der Waals surface area contributed by atoms with Crippen LogP contribution in [0.15, 0.2) is 70.9 Å². The molecule has 5 heteroatoms. The molecule has 5 nitrogen and oxygen atoms in total. The second-order valence-electron chi connectivity index (χ2n) is 9.43. The van der Waals surface area contributed by atoms with Gasteiger partial charge in [0.1, 0.15) is 5.60 Å². The molecule has 1 heterocycles. The SMILES string of the molecule is C/C(C(=Nc1ccccc1C)c1ccccc1)=C(/N)C1CCN(C(=O)OC(C)(C)C)CC1. The second-order valence-corrected chi connectivity index (χ2v) is 9.43. The van der Waals surface area contributed by atoms with Crippen LogP contribution < -0.4 is 5.73 Å². The molecule has 2 N–H and O–H groups in total. The number of nitrogens with two attached hydrogens (primary N) is 1. The molecule has 1 aliphatic rings. The Morgan fingerprint density at radius 3 is 2.22 bits per heavy atom. The Morgan fingerprint density at radius 2 is 1.62 bits per heavy atom. The Morgan fingerprint density at radius 1 is 1.03 bits per heavy atom. The highest BCUT2D eigenvalue weighted by molar-refractivity contribution is 6.13. The number of para-hydroxylation sites is 1. The summed E-state index contributed by atoms with van der Waals surface area (Å²) >= 11 is 0. The quantitative estimate of drug-likeness (QED) is 0.602. The zero-order valence-corrected chi connectivity index (χ0v) is 19.9. The highest BCUT2D eigenvalue weighted by Gasteiger charge is 2.28. The van der Waals surface area contributed by atoms with Crippen molar-refractivity contribution in [3.63, 3.8) is 0 Å².